The zero-order valence-corrected chi connectivity index (χ0v) is 19.1. The summed E-state index contributed by atoms with van der Waals surface area (Å²) in [6.07, 6.45) is 0.802. The lowest BCUT2D eigenvalue weighted by molar-refractivity contribution is -0.116. The van der Waals surface area contributed by atoms with Gasteiger partial charge in [0.05, 0.1) is 17.6 Å². The number of nitrogens with one attached hydrogen (secondary N) is 1. The van der Waals surface area contributed by atoms with Gasteiger partial charge in [-0.3, -0.25) is 4.79 Å². The van der Waals surface area contributed by atoms with Crippen molar-refractivity contribution in [3.63, 3.8) is 0 Å². The number of nitrogens with zero attached hydrogens (tertiary/aromatic N) is 1. The molecule has 1 aliphatic heterocycles. The molecule has 0 saturated heterocycles. The number of benzene rings is 2. The van der Waals surface area contributed by atoms with Gasteiger partial charge in [0.15, 0.2) is 0 Å². The Balaban J connectivity index is 1.83. The van der Waals surface area contributed by atoms with Crippen molar-refractivity contribution < 1.29 is 17.9 Å². The van der Waals surface area contributed by atoms with Crippen LogP contribution in [0, 0.1) is 0 Å². The molecule has 0 aromatic heterocycles. The quantitative estimate of drug-likeness (QED) is 0.654. The Morgan fingerprint density at radius 2 is 1.93 bits per heavy atom. The van der Waals surface area contributed by atoms with Crippen LogP contribution in [0.5, 0.6) is 0 Å². The van der Waals surface area contributed by atoms with Gasteiger partial charge >= 0.3 is 0 Å². The second-order valence-electron chi connectivity index (χ2n) is 7.29. The molecule has 1 aliphatic rings. The van der Waals surface area contributed by atoms with Gasteiger partial charge in [-0.2, -0.15) is 0 Å². The molecule has 8 heteroatoms. The first-order valence-corrected chi connectivity index (χ1v) is 11.7. The summed E-state index contributed by atoms with van der Waals surface area (Å²) in [7, 11) is -3.78. The molecule has 1 heterocycles. The lowest BCUT2D eigenvalue weighted by Crippen LogP contribution is -2.27. The molecule has 1 N–H and O–H groups in total. The first-order valence-electron chi connectivity index (χ1n) is 9.47. The molecule has 1 amide bonds. The van der Waals surface area contributed by atoms with E-state index >= 15 is 0 Å². The molecule has 0 spiro atoms. The number of carbonyl (C=O) groups is 1. The highest BCUT2D eigenvalue weighted by atomic mass is 79.9. The lowest BCUT2D eigenvalue weighted by Gasteiger charge is -2.17. The molecule has 6 nitrogen and oxygen atoms in total. The van der Waals surface area contributed by atoms with E-state index in [2.05, 4.69) is 20.7 Å². The number of rotatable bonds is 7. The van der Waals surface area contributed by atoms with E-state index in [1.165, 1.54) is 6.92 Å². The van der Waals surface area contributed by atoms with Gasteiger partial charge in [0, 0.05) is 30.2 Å². The fourth-order valence-electron chi connectivity index (χ4n) is 3.30. The summed E-state index contributed by atoms with van der Waals surface area (Å²) in [5.74, 6) is -0.0959. The molecule has 0 bridgehead atoms. The molecular formula is C21H25BrN2O4S. The molecule has 3 rings (SSSR count). The maximum Gasteiger partial charge on any atom is 0.242 e. The third kappa shape index (κ3) is 5.06. The second-order valence-corrected chi connectivity index (χ2v) is 9.87. The molecule has 0 atom stereocenters. The molecule has 0 aliphatic carbocycles. The number of anilines is 1. The van der Waals surface area contributed by atoms with Crippen molar-refractivity contribution >= 4 is 37.5 Å². The summed E-state index contributed by atoms with van der Waals surface area (Å²) < 4.78 is 34.8. The van der Waals surface area contributed by atoms with Crippen LogP contribution >= 0.6 is 15.9 Å². The minimum atomic E-state index is -3.78. The smallest absolute Gasteiger partial charge is 0.242 e. The number of fused-ring (bicyclic) bond motifs is 1. The predicted molar refractivity (Wildman–Crippen MR) is 116 cm³/mol. The topological polar surface area (TPSA) is 75.7 Å². The van der Waals surface area contributed by atoms with Crippen molar-refractivity contribution in [1.29, 1.82) is 0 Å². The lowest BCUT2D eigenvalue weighted by atomic mass is 10.1. The summed E-state index contributed by atoms with van der Waals surface area (Å²) in [4.78, 5) is 13.6. The van der Waals surface area contributed by atoms with E-state index in [0.29, 0.717) is 29.7 Å². The van der Waals surface area contributed by atoms with E-state index in [1.807, 2.05) is 38.1 Å². The zero-order chi connectivity index (χ0) is 21.2. The van der Waals surface area contributed by atoms with Gasteiger partial charge in [0.2, 0.25) is 15.9 Å². The fourth-order valence-corrected chi connectivity index (χ4v) is 5.41. The Morgan fingerprint density at radius 1 is 1.24 bits per heavy atom. The number of sulfonamides is 1. The average molecular weight is 481 g/mol. The van der Waals surface area contributed by atoms with Gasteiger partial charge in [0.25, 0.3) is 0 Å². The molecule has 2 aromatic carbocycles. The third-order valence-corrected chi connectivity index (χ3v) is 7.20. The molecule has 0 radical (unpaired) electrons. The maximum atomic E-state index is 13.0. The van der Waals surface area contributed by atoms with Gasteiger partial charge in [-0.05, 0) is 65.0 Å². The standard InChI is InChI=1S/C21H25BrN2O4S/c1-14(2)28-13-18-7-5-4-6-17(18)12-23-29(26,27)21-11-20-16(10-19(21)22)8-9-24(20)15(3)25/h4-7,10-11,14,23H,8-9,12-13H2,1-3H3. The van der Waals surface area contributed by atoms with Crippen LogP contribution < -0.4 is 9.62 Å². The van der Waals surface area contributed by atoms with E-state index in [-0.39, 0.29) is 23.5 Å². The highest BCUT2D eigenvalue weighted by Crippen LogP contribution is 2.35. The van der Waals surface area contributed by atoms with Crippen molar-refractivity contribution in [1.82, 2.24) is 4.72 Å². The summed E-state index contributed by atoms with van der Waals surface area (Å²) in [5, 5.41) is 0. The van der Waals surface area contributed by atoms with Crippen LogP contribution in [-0.4, -0.2) is 27.0 Å². The van der Waals surface area contributed by atoms with E-state index in [9.17, 15) is 13.2 Å². The zero-order valence-electron chi connectivity index (χ0n) is 16.7. The minimum Gasteiger partial charge on any atom is -0.374 e. The molecule has 156 valence electrons. The normalized spacial score (nSPS) is 13.8. The first-order chi connectivity index (χ1) is 13.7. The Hall–Kier alpha value is -1.74. The molecule has 2 aromatic rings. The van der Waals surface area contributed by atoms with Gasteiger partial charge < -0.3 is 9.64 Å². The highest BCUT2D eigenvalue weighted by Gasteiger charge is 2.27. The van der Waals surface area contributed by atoms with Gasteiger partial charge in [-0.25, -0.2) is 13.1 Å². The Bertz CT molecular complexity index is 1020. The van der Waals surface area contributed by atoms with Gasteiger partial charge in [-0.1, -0.05) is 24.3 Å². The number of carbonyl (C=O) groups excluding carboxylic acids is 1. The number of ether oxygens (including phenoxy) is 1. The van der Waals surface area contributed by atoms with Crippen LogP contribution in [0.1, 0.15) is 37.5 Å². The molecule has 0 saturated carbocycles. The molecule has 0 fully saturated rings. The van der Waals surface area contributed by atoms with Crippen molar-refractivity contribution in [2.24, 2.45) is 0 Å². The third-order valence-electron chi connectivity index (χ3n) is 4.84. The van der Waals surface area contributed by atoms with Crippen molar-refractivity contribution in [3.05, 3.63) is 57.6 Å². The van der Waals surface area contributed by atoms with Crippen LogP contribution in [0.15, 0.2) is 45.8 Å². The SMILES string of the molecule is CC(=O)N1CCc2cc(Br)c(S(=O)(=O)NCc3ccccc3COC(C)C)cc21. The summed E-state index contributed by atoms with van der Waals surface area (Å²) in [5.41, 5.74) is 3.42. The molecule has 29 heavy (non-hydrogen) atoms. The van der Waals surface area contributed by atoms with Gasteiger partial charge in [0.1, 0.15) is 0 Å². The number of hydrogen-bond acceptors (Lipinski definition) is 4. The van der Waals surface area contributed by atoms with E-state index in [4.69, 9.17) is 4.74 Å². The fraction of sp³-hybridized carbons (Fsp3) is 0.381. The van der Waals surface area contributed by atoms with Crippen LogP contribution in [0.3, 0.4) is 0 Å². The van der Waals surface area contributed by atoms with Gasteiger partial charge in [-0.15, -0.1) is 0 Å². The van der Waals surface area contributed by atoms with Crippen LogP contribution in [0.25, 0.3) is 0 Å². The Kier molecular flexibility index (Phi) is 6.78. The monoisotopic (exact) mass is 480 g/mol. The van der Waals surface area contributed by atoms with Crippen LogP contribution in [-0.2, 0) is 39.1 Å². The maximum absolute atomic E-state index is 13.0. The number of hydrogen-bond donors (Lipinski definition) is 1. The second kappa shape index (κ2) is 8.95. The molecular weight excluding hydrogens is 456 g/mol. The number of halogens is 1. The van der Waals surface area contributed by atoms with Crippen molar-refractivity contribution in [2.75, 3.05) is 11.4 Å². The number of amides is 1. The van der Waals surface area contributed by atoms with Crippen LogP contribution in [0.2, 0.25) is 0 Å². The first kappa shape index (κ1) is 22.0. The van der Waals surface area contributed by atoms with E-state index < -0.39 is 10.0 Å². The van der Waals surface area contributed by atoms with Crippen LogP contribution in [0.4, 0.5) is 5.69 Å². The van der Waals surface area contributed by atoms with E-state index in [0.717, 1.165) is 16.7 Å². The van der Waals surface area contributed by atoms with Crippen molar-refractivity contribution in [3.8, 4) is 0 Å². The predicted octanol–water partition coefficient (Wildman–Crippen LogP) is 3.76. The summed E-state index contributed by atoms with van der Waals surface area (Å²) in [6, 6.07) is 11.0. The summed E-state index contributed by atoms with van der Waals surface area (Å²) in [6.45, 7) is 6.55. The highest BCUT2D eigenvalue weighted by molar-refractivity contribution is 9.10. The van der Waals surface area contributed by atoms with Crippen molar-refractivity contribution in [2.45, 2.75) is 51.3 Å². The Morgan fingerprint density at radius 3 is 2.59 bits per heavy atom. The minimum absolute atomic E-state index is 0.0892. The summed E-state index contributed by atoms with van der Waals surface area (Å²) >= 11 is 3.38. The average Bonchev–Trinajstić information content (AvgIpc) is 3.07. The Labute approximate surface area is 180 Å². The largest absolute Gasteiger partial charge is 0.374 e. The van der Waals surface area contributed by atoms with E-state index in [1.54, 1.807) is 17.0 Å². The molecule has 0 unspecified atom stereocenters.